The fraction of sp³-hybridized carbons (Fsp3) is 0.721. The molecule has 15 heteroatoms. The Labute approximate surface area is 343 Å². The number of cyclic esters (lactones) is 1. The maximum atomic E-state index is 14.7. The molecular weight excluding hydrogens is 746 g/mol. The van der Waals surface area contributed by atoms with E-state index < -0.39 is 83.4 Å². The smallest absolute Gasteiger partial charge is 0.410 e. The first kappa shape index (κ1) is 45.3. The molecule has 3 saturated heterocycles. The van der Waals surface area contributed by atoms with Gasteiger partial charge in [-0.1, -0.05) is 27.7 Å². The third kappa shape index (κ3) is 9.33. The maximum Gasteiger partial charge on any atom is 0.410 e. The summed E-state index contributed by atoms with van der Waals surface area (Å²) in [4.78, 5) is 69.0. The largest absolute Gasteiger partial charge is 0.458 e. The van der Waals surface area contributed by atoms with E-state index in [0.717, 1.165) is 11.3 Å². The van der Waals surface area contributed by atoms with E-state index in [9.17, 15) is 24.3 Å². The first-order valence-corrected chi connectivity index (χ1v) is 20.8. The van der Waals surface area contributed by atoms with Gasteiger partial charge in [-0.05, 0) is 86.0 Å². The molecule has 1 amide bonds. The molecule has 3 fully saturated rings. The van der Waals surface area contributed by atoms with Crippen LogP contribution in [0.5, 0.6) is 0 Å². The molecule has 0 spiro atoms. The Kier molecular flexibility index (Phi) is 14.6. The average Bonchev–Trinajstić information content (AvgIpc) is 3.78. The average molecular weight is 812 g/mol. The van der Waals surface area contributed by atoms with Gasteiger partial charge in [-0.15, -0.1) is 0 Å². The molecule has 0 bridgehead atoms. The summed E-state index contributed by atoms with van der Waals surface area (Å²) >= 11 is 0. The van der Waals surface area contributed by atoms with Crippen LogP contribution in [-0.4, -0.2) is 135 Å². The van der Waals surface area contributed by atoms with Gasteiger partial charge in [0.2, 0.25) is 0 Å². The van der Waals surface area contributed by atoms with Gasteiger partial charge in [0.05, 0.1) is 35.9 Å². The number of amides is 1. The van der Waals surface area contributed by atoms with Crippen LogP contribution >= 0.6 is 0 Å². The molecule has 1 N–H and O–H groups in total. The third-order valence-electron chi connectivity index (χ3n) is 12.8. The number of rotatable bonds is 11. The molecule has 2 unspecified atom stereocenters. The van der Waals surface area contributed by atoms with Crippen molar-refractivity contribution >= 4 is 23.6 Å². The summed E-state index contributed by atoms with van der Waals surface area (Å²) in [5, 5.41) is 11.4. The van der Waals surface area contributed by atoms with Gasteiger partial charge >= 0.3 is 12.1 Å². The van der Waals surface area contributed by atoms with Crippen molar-refractivity contribution in [2.45, 2.75) is 148 Å². The number of esters is 1. The fourth-order valence-corrected chi connectivity index (χ4v) is 9.43. The number of aromatic nitrogens is 3. The first-order chi connectivity index (χ1) is 27.4. The Morgan fingerprint density at radius 2 is 1.72 bits per heavy atom. The lowest BCUT2D eigenvalue weighted by molar-refractivity contribution is -0.295. The van der Waals surface area contributed by atoms with Gasteiger partial charge in [0.1, 0.15) is 23.9 Å². The quantitative estimate of drug-likeness (QED) is 0.184. The zero-order valence-corrected chi connectivity index (χ0v) is 36.1. The number of aliphatic hydroxyl groups is 1. The van der Waals surface area contributed by atoms with Crippen molar-refractivity contribution in [3.8, 4) is 11.3 Å². The molecule has 3 aliphatic heterocycles. The minimum atomic E-state index is -1.40. The van der Waals surface area contributed by atoms with Crippen LogP contribution in [0.2, 0.25) is 0 Å². The molecule has 15 nitrogen and oxygen atoms in total. The van der Waals surface area contributed by atoms with Gasteiger partial charge in [0.25, 0.3) is 0 Å². The van der Waals surface area contributed by atoms with E-state index in [-0.39, 0.29) is 30.8 Å². The van der Waals surface area contributed by atoms with Crippen molar-refractivity contribution in [1.82, 2.24) is 24.3 Å². The highest BCUT2D eigenvalue weighted by molar-refractivity contribution is 6.00. The molecule has 0 saturated carbocycles. The summed E-state index contributed by atoms with van der Waals surface area (Å²) in [5.41, 5.74) is -0.938. The second kappa shape index (κ2) is 18.7. The molecule has 5 heterocycles. The zero-order valence-electron chi connectivity index (χ0n) is 36.1. The summed E-state index contributed by atoms with van der Waals surface area (Å²) in [7, 11) is 5.24. The van der Waals surface area contributed by atoms with Gasteiger partial charge in [-0.25, -0.2) is 9.78 Å². The van der Waals surface area contributed by atoms with Crippen LogP contribution in [0.1, 0.15) is 87.5 Å². The Bertz CT molecular complexity index is 1740. The maximum absolute atomic E-state index is 14.7. The number of ether oxygens (including phenoxy) is 5. The van der Waals surface area contributed by atoms with Gasteiger partial charge in [0, 0.05) is 68.1 Å². The number of Topliss-reactive ketones (excluding diaryl/α,β-unsaturated/α-hetero) is 2. The van der Waals surface area contributed by atoms with Crippen LogP contribution in [0.25, 0.3) is 11.3 Å². The van der Waals surface area contributed by atoms with Gasteiger partial charge < -0.3 is 43.2 Å². The number of hydrogen-bond acceptors (Lipinski definition) is 13. The van der Waals surface area contributed by atoms with Crippen LogP contribution in [0.3, 0.4) is 0 Å². The van der Waals surface area contributed by atoms with Crippen LogP contribution in [0.15, 0.2) is 37.1 Å². The van der Waals surface area contributed by atoms with E-state index in [0.29, 0.717) is 32.4 Å². The number of aryl methyl sites for hydroxylation is 1. The van der Waals surface area contributed by atoms with Crippen LogP contribution in [0, 0.1) is 23.7 Å². The molecule has 3 aliphatic rings. The number of hydrogen-bond donors (Lipinski definition) is 1. The van der Waals surface area contributed by atoms with E-state index in [4.69, 9.17) is 23.7 Å². The third-order valence-corrected chi connectivity index (χ3v) is 12.8. The van der Waals surface area contributed by atoms with E-state index in [1.165, 1.54) is 14.0 Å². The molecule has 58 heavy (non-hydrogen) atoms. The second-order valence-electron chi connectivity index (χ2n) is 17.3. The monoisotopic (exact) mass is 811 g/mol. The SMILES string of the molecule is CCC1OC(=O)[C@H](C)C(=O)[C@H](C)[C@@H](OC2O[C@H](C)C[C@H](N(C)C)[C@H]2O)[C@](C)(OC)C[C@@H](C)C(=O)[C@@H](C)[C@@H]2N(CCCCn3cnc(-c4cccnc4)c3)C(=O)O[C@]12C. The number of ketones is 2. The molecule has 5 rings (SSSR count). The number of likely N-dealkylation sites (N-methyl/N-ethyl adjacent to an activating group) is 1. The molecule has 0 aliphatic carbocycles. The van der Waals surface area contributed by atoms with Crippen molar-refractivity contribution in [1.29, 1.82) is 0 Å². The molecule has 0 radical (unpaired) electrons. The van der Waals surface area contributed by atoms with Crippen molar-refractivity contribution < 1.29 is 48.0 Å². The van der Waals surface area contributed by atoms with Gasteiger partial charge in [-0.3, -0.25) is 19.4 Å². The Balaban J connectivity index is 1.43. The van der Waals surface area contributed by atoms with Crippen molar-refractivity contribution in [2.75, 3.05) is 27.7 Å². The molecular formula is C43H65N5O10. The molecule has 322 valence electrons. The normalized spacial score (nSPS) is 36.7. The summed E-state index contributed by atoms with van der Waals surface area (Å²) < 4.78 is 33.2. The number of aliphatic hydroxyl groups excluding tert-OH is 1. The van der Waals surface area contributed by atoms with E-state index >= 15 is 0 Å². The standard InChI is InChI=1S/C43H65N5O10/c1-12-33-43(8)37(48(41(53)58-43)19-14-13-18-47-23-31(45-24-47)30-16-15-17-44-22-30)27(4)34(49)25(2)21-42(7,54-11)38(28(5)35(50)29(6)39(52)56-33)57-40-36(51)32(46(9)10)20-26(3)55-40/h15-17,22-29,32-33,36-38,40,51H,12-14,18-21H2,1-11H3/t25-,26-,27-,28+,29-,32+,33?,36-,37+,38-,40?,42-,43-/m1/s1. The number of fused-ring (bicyclic) bond motifs is 1. The highest BCUT2D eigenvalue weighted by Gasteiger charge is 2.60. The number of unbranched alkanes of at least 4 members (excludes halogenated alkanes) is 1. The predicted octanol–water partition coefficient (Wildman–Crippen LogP) is 4.93. The van der Waals surface area contributed by atoms with Crippen LogP contribution in [0.4, 0.5) is 4.79 Å². The molecule has 2 aromatic rings. The van der Waals surface area contributed by atoms with Crippen molar-refractivity contribution in [3.63, 3.8) is 0 Å². The molecule has 2 aromatic heterocycles. The Morgan fingerprint density at radius 3 is 2.36 bits per heavy atom. The summed E-state index contributed by atoms with van der Waals surface area (Å²) in [6.45, 7) is 14.9. The Morgan fingerprint density at radius 1 is 1.02 bits per heavy atom. The van der Waals surface area contributed by atoms with E-state index in [1.54, 1.807) is 51.3 Å². The molecule has 0 aromatic carbocycles. The number of carbonyl (C=O) groups is 4. The number of carbonyl (C=O) groups excluding carboxylic acids is 4. The number of methoxy groups -OCH3 is 1. The van der Waals surface area contributed by atoms with Crippen LogP contribution < -0.4 is 0 Å². The summed E-state index contributed by atoms with van der Waals surface area (Å²) in [6, 6.07) is 2.74. The first-order valence-electron chi connectivity index (χ1n) is 20.8. The minimum absolute atomic E-state index is 0.130. The number of nitrogens with zero attached hydrogens (tertiary/aromatic N) is 5. The van der Waals surface area contributed by atoms with Crippen molar-refractivity contribution in [3.05, 3.63) is 37.1 Å². The second-order valence-corrected chi connectivity index (χ2v) is 17.3. The molecule has 13 atom stereocenters. The van der Waals surface area contributed by atoms with E-state index in [2.05, 4.69) is 9.97 Å². The lowest BCUT2D eigenvalue weighted by Gasteiger charge is -2.47. The van der Waals surface area contributed by atoms with Crippen LogP contribution in [-0.2, 0) is 44.6 Å². The zero-order chi connectivity index (χ0) is 42.7. The number of pyridine rings is 1. The summed E-state index contributed by atoms with van der Waals surface area (Å²) in [5.74, 6) is -4.95. The van der Waals surface area contributed by atoms with E-state index in [1.807, 2.05) is 62.7 Å². The topological polar surface area (TPSA) is 172 Å². The number of imidazole rings is 1. The minimum Gasteiger partial charge on any atom is -0.458 e. The lowest BCUT2D eigenvalue weighted by Crippen LogP contribution is -2.60. The predicted molar refractivity (Wildman–Crippen MR) is 214 cm³/mol. The summed E-state index contributed by atoms with van der Waals surface area (Å²) in [6.07, 6.45) is 4.45. The Hall–Kier alpha value is -3.76. The highest BCUT2D eigenvalue weighted by Crippen LogP contribution is 2.43. The lowest BCUT2D eigenvalue weighted by atomic mass is 9.73. The van der Waals surface area contributed by atoms with Gasteiger partial charge in [0.15, 0.2) is 17.7 Å². The van der Waals surface area contributed by atoms with Gasteiger partial charge in [-0.2, -0.15) is 0 Å². The fourth-order valence-electron chi connectivity index (χ4n) is 9.43. The highest BCUT2D eigenvalue weighted by atomic mass is 16.7. The van der Waals surface area contributed by atoms with Crippen molar-refractivity contribution in [2.24, 2.45) is 23.7 Å².